The summed E-state index contributed by atoms with van der Waals surface area (Å²) in [6, 6.07) is 16.3. The van der Waals surface area contributed by atoms with Crippen LogP contribution in [0.4, 0.5) is 10.5 Å². The van der Waals surface area contributed by atoms with Crippen LogP contribution < -0.4 is 5.32 Å². The topological polar surface area (TPSA) is 55.4 Å². The van der Waals surface area contributed by atoms with E-state index in [-0.39, 0.29) is 11.7 Å². The molecule has 2 unspecified atom stereocenters. The molecule has 126 valence electrons. The van der Waals surface area contributed by atoms with E-state index >= 15 is 0 Å². The molecule has 0 saturated carbocycles. The largest absolute Gasteiger partial charge is 0.438 e. The zero-order valence-corrected chi connectivity index (χ0v) is 14.4. The molecule has 2 aromatic carbocycles. The van der Waals surface area contributed by atoms with Crippen LogP contribution in [0.1, 0.15) is 31.7 Å². The first-order valence-corrected chi connectivity index (χ1v) is 8.14. The fourth-order valence-corrected chi connectivity index (χ4v) is 2.40. The third kappa shape index (κ3) is 5.39. The van der Waals surface area contributed by atoms with Gasteiger partial charge in [-0.1, -0.05) is 48.9 Å². The van der Waals surface area contributed by atoms with E-state index in [2.05, 4.69) is 5.32 Å². The molecule has 2 rings (SSSR count). The minimum Gasteiger partial charge on any atom is -0.438 e. The van der Waals surface area contributed by atoms with Crippen LogP contribution in [0.25, 0.3) is 0 Å². The predicted octanol–water partition coefficient (Wildman–Crippen LogP) is 5.04. The molecule has 0 aromatic heterocycles. The van der Waals surface area contributed by atoms with E-state index in [0.717, 1.165) is 5.56 Å². The van der Waals surface area contributed by atoms with E-state index in [0.29, 0.717) is 17.1 Å². The van der Waals surface area contributed by atoms with Crippen LogP contribution in [0.5, 0.6) is 0 Å². The molecule has 2 atom stereocenters. The van der Waals surface area contributed by atoms with Gasteiger partial charge in [-0.3, -0.25) is 10.1 Å². The molecule has 5 heteroatoms. The number of ketones is 1. The lowest BCUT2D eigenvalue weighted by molar-refractivity contribution is -0.126. The van der Waals surface area contributed by atoms with E-state index in [1.165, 1.54) is 0 Å². The van der Waals surface area contributed by atoms with E-state index in [9.17, 15) is 9.59 Å². The molecule has 0 aliphatic carbocycles. The van der Waals surface area contributed by atoms with Gasteiger partial charge >= 0.3 is 6.09 Å². The number of ether oxygens (including phenoxy) is 1. The van der Waals surface area contributed by atoms with E-state index < -0.39 is 12.2 Å². The van der Waals surface area contributed by atoms with Gasteiger partial charge in [0.15, 0.2) is 11.9 Å². The zero-order chi connectivity index (χ0) is 17.5. The van der Waals surface area contributed by atoms with Crippen molar-refractivity contribution >= 4 is 29.2 Å². The Labute approximate surface area is 146 Å². The number of rotatable bonds is 6. The summed E-state index contributed by atoms with van der Waals surface area (Å²) in [4.78, 5) is 24.1. The highest BCUT2D eigenvalue weighted by molar-refractivity contribution is 6.30. The Morgan fingerprint density at radius 3 is 2.29 bits per heavy atom. The van der Waals surface area contributed by atoms with Gasteiger partial charge in [-0.15, -0.1) is 0 Å². The number of hydrogen-bond donors (Lipinski definition) is 1. The van der Waals surface area contributed by atoms with Gasteiger partial charge in [0.25, 0.3) is 0 Å². The number of carbonyl (C=O) groups is 2. The van der Waals surface area contributed by atoms with Crippen molar-refractivity contribution < 1.29 is 14.3 Å². The maximum atomic E-state index is 12.3. The Bertz CT molecular complexity index is 686. The highest BCUT2D eigenvalue weighted by atomic mass is 35.5. The van der Waals surface area contributed by atoms with Crippen LogP contribution in [-0.4, -0.2) is 18.0 Å². The first-order valence-electron chi connectivity index (χ1n) is 7.76. The first-order chi connectivity index (χ1) is 11.5. The average Bonchev–Trinajstić information content (AvgIpc) is 2.56. The van der Waals surface area contributed by atoms with E-state index in [1.807, 2.05) is 25.1 Å². The van der Waals surface area contributed by atoms with Crippen molar-refractivity contribution in [1.82, 2.24) is 0 Å². The molecule has 0 bridgehead atoms. The monoisotopic (exact) mass is 345 g/mol. The first kappa shape index (κ1) is 18.0. The van der Waals surface area contributed by atoms with Crippen molar-refractivity contribution in [2.45, 2.75) is 32.3 Å². The highest BCUT2D eigenvalue weighted by Crippen LogP contribution is 2.22. The van der Waals surface area contributed by atoms with E-state index in [4.69, 9.17) is 16.3 Å². The molecular formula is C19H20ClNO3. The van der Waals surface area contributed by atoms with Crippen molar-refractivity contribution in [2.75, 3.05) is 5.32 Å². The number of hydrogen-bond acceptors (Lipinski definition) is 3. The van der Waals surface area contributed by atoms with Crippen molar-refractivity contribution in [2.24, 2.45) is 0 Å². The molecule has 2 aromatic rings. The lowest BCUT2D eigenvalue weighted by atomic mass is 9.94. The number of carbonyl (C=O) groups excluding carboxylic acids is 2. The third-order valence-electron chi connectivity index (χ3n) is 3.70. The summed E-state index contributed by atoms with van der Waals surface area (Å²) in [7, 11) is 0. The minimum atomic E-state index is -0.802. The van der Waals surface area contributed by atoms with Crippen LogP contribution in [-0.2, 0) is 9.53 Å². The SMILES string of the molecule is CC(OC(=O)Nc1ccccc1)C(=O)CC(C)c1ccc(Cl)cc1. The van der Waals surface area contributed by atoms with Crippen LogP contribution in [0.15, 0.2) is 54.6 Å². The second-order valence-corrected chi connectivity index (χ2v) is 6.10. The lowest BCUT2D eigenvalue weighted by Gasteiger charge is -2.16. The van der Waals surface area contributed by atoms with E-state index in [1.54, 1.807) is 43.3 Å². The van der Waals surface area contributed by atoms with Crippen molar-refractivity contribution in [1.29, 1.82) is 0 Å². The number of Topliss-reactive ketones (excluding diaryl/α,β-unsaturated/α-hetero) is 1. The van der Waals surface area contributed by atoms with Gasteiger partial charge in [-0.25, -0.2) is 4.79 Å². The maximum Gasteiger partial charge on any atom is 0.412 e. The Hall–Kier alpha value is -2.33. The van der Waals surface area contributed by atoms with Gasteiger partial charge in [0.2, 0.25) is 0 Å². The smallest absolute Gasteiger partial charge is 0.412 e. The minimum absolute atomic E-state index is 0.0259. The number of amides is 1. The van der Waals surface area contributed by atoms with Gasteiger partial charge in [-0.05, 0) is 42.7 Å². The average molecular weight is 346 g/mol. The predicted molar refractivity (Wildman–Crippen MR) is 95.5 cm³/mol. The molecule has 0 aliphatic heterocycles. The Morgan fingerprint density at radius 2 is 1.67 bits per heavy atom. The maximum absolute atomic E-state index is 12.3. The standard InChI is InChI=1S/C19H20ClNO3/c1-13(15-8-10-16(20)11-9-15)12-18(22)14(2)24-19(23)21-17-6-4-3-5-7-17/h3-11,13-14H,12H2,1-2H3,(H,21,23). The van der Waals surface area contributed by atoms with Gasteiger partial charge in [0.05, 0.1) is 0 Å². The molecule has 0 saturated heterocycles. The Kier molecular flexibility index (Phi) is 6.38. The zero-order valence-electron chi connectivity index (χ0n) is 13.7. The fourth-order valence-electron chi connectivity index (χ4n) is 2.27. The molecule has 0 heterocycles. The van der Waals surface area contributed by atoms with Gasteiger partial charge in [0.1, 0.15) is 0 Å². The Morgan fingerprint density at radius 1 is 1.04 bits per heavy atom. The fraction of sp³-hybridized carbons (Fsp3) is 0.263. The van der Waals surface area contributed by atoms with Crippen LogP contribution in [0, 0.1) is 0 Å². The Balaban J connectivity index is 1.85. The number of halogens is 1. The molecular weight excluding hydrogens is 326 g/mol. The normalized spacial score (nSPS) is 13.0. The summed E-state index contributed by atoms with van der Waals surface area (Å²) in [6.45, 7) is 3.54. The van der Waals surface area contributed by atoms with Crippen molar-refractivity contribution in [3.8, 4) is 0 Å². The summed E-state index contributed by atoms with van der Waals surface area (Å²) >= 11 is 5.86. The third-order valence-corrected chi connectivity index (χ3v) is 3.96. The molecule has 24 heavy (non-hydrogen) atoms. The van der Waals surface area contributed by atoms with Crippen LogP contribution >= 0.6 is 11.6 Å². The molecule has 1 amide bonds. The summed E-state index contributed by atoms with van der Waals surface area (Å²) in [5.74, 6) is -0.0985. The van der Waals surface area contributed by atoms with Gasteiger partial charge < -0.3 is 4.74 Å². The molecule has 0 radical (unpaired) electrons. The van der Waals surface area contributed by atoms with Gasteiger partial charge in [-0.2, -0.15) is 0 Å². The quantitative estimate of drug-likeness (QED) is 0.797. The second kappa shape index (κ2) is 8.50. The molecule has 0 spiro atoms. The van der Waals surface area contributed by atoms with Crippen LogP contribution in [0.2, 0.25) is 5.02 Å². The van der Waals surface area contributed by atoms with Gasteiger partial charge in [0, 0.05) is 17.1 Å². The lowest BCUT2D eigenvalue weighted by Crippen LogP contribution is -2.27. The van der Waals surface area contributed by atoms with Crippen molar-refractivity contribution in [3.05, 3.63) is 65.2 Å². The number of para-hydroxylation sites is 1. The molecule has 0 fully saturated rings. The molecule has 4 nitrogen and oxygen atoms in total. The summed E-state index contributed by atoms with van der Waals surface area (Å²) in [5, 5.41) is 3.25. The number of benzene rings is 2. The summed E-state index contributed by atoms with van der Waals surface area (Å²) in [5.41, 5.74) is 1.64. The number of anilines is 1. The van der Waals surface area contributed by atoms with Crippen LogP contribution in [0.3, 0.4) is 0 Å². The summed E-state index contributed by atoms with van der Waals surface area (Å²) in [6.07, 6.45) is -1.15. The highest BCUT2D eigenvalue weighted by Gasteiger charge is 2.20. The van der Waals surface area contributed by atoms with Crippen molar-refractivity contribution in [3.63, 3.8) is 0 Å². The number of nitrogens with one attached hydrogen (secondary N) is 1. The summed E-state index contributed by atoms with van der Waals surface area (Å²) < 4.78 is 5.15. The molecule has 1 N–H and O–H groups in total. The molecule has 0 aliphatic rings. The second-order valence-electron chi connectivity index (χ2n) is 5.66.